The van der Waals surface area contributed by atoms with Crippen LogP contribution in [0.15, 0.2) is 29.3 Å². The summed E-state index contributed by atoms with van der Waals surface area (Å²) in [5, 5.41) is 4.51. The van der Waals surface area contributed by atoms with Crippen LogP contribution in [-0.2, 0) is 7.05 Å². The molecule has 0 unspecified atom stereocenters. The van der Waals surface area contributed by atoms with E-state index < -0.39 is 17.5 Å². The molecule has 0 radical (unpaired) electrons. The molecule has 1 aromatic heterocycles. The Balaban J connectivity index is 2.33. The molecule has 3 aromatic rings. The standard InChI is InChI=1S/C15H10ClF3N2S/c1-21-6-9-8(5-10(17)13(16)14(9)20-21)7-3-11(18)15(22-2)12(19)4-7/h3-6H,1-2H3. The maximum Gasteiger partial charge on any atom is 0.144 e. The number of nitrogens with zero attached hydrogens (tertiary/aromatic N) is 2. The normalized spacial score (nSPS) is 11.4. The first-order valence-corrected chi connectivity index (χ1v) is 7.87. The third kappa shape index (κ3) is 2.36. The average molecular weight is 343 g/mol. The highest BCUT2D eigenvalue weighted by Crippen LogP contribution is 2.36. The second kappa shape index (κ2) is 5.52. The van der Waals surface area contributed by atoms with Crippen molar-refractivity contribution in [3.05, 3.63) is 46.9 Å². The second-order valence-electron chi connectivity index (χ2n) is 4.76. The second-order valence-corrected chi connectivity index (χ2v) is 5.95. The Morgan fingerprint density at radius 1 is 1.09 bits per heavy atom. The van der Waals surface area contributed by atoms with Gasteiger partial charge in [-0.15, -0.1) is 11.8 Å². The molecule has 0 aliphatic rings. The highest BCUT2D eigenvalue weighted by molar-refractivity contribution is 7.98. The molecule has 0 saturated carbocycles. The quantitative estimate of drug-likeness (QED) is 0.608. The van der Waals surface area contributed by atoms with Gasteiger partial charge in [0.2, 0.25) is 0 Å². The van der Waals surface area contributed by atoms with Crippen LogP contribution in [0.5, 0.6) is 0 Å². The number of benzene rings is 2. The van der Waals surface area contributed by atoms with Gasteiger partial charge in [0.1, 0.15) is 28.0 Å². The van der Waals surface area contributed by atoms with Crippen molar-refractivity contribution in [1.82, 2.24) is 9.78 Å². The van der Waals surface area contributed by atoms with Gasteiger partial charge in [-0.1, -0.05) is 11.6 Å². The zero-order valence-corrected chi connectivity index (χ0v) is 13.2. The lowest BCUT2D eigenvalue weighted by molar-refractivity contribution is 0.542. The molecule has 2 nitrogen and oxygen atoms in total. The van der Waals surface area contributed by atoms with E-state index in [0.717, 1.165) is 11.8 Å². The van der Waals surface area contributed by atoms with E-state index in [0.29, 0.717) is 10.9 Å². The molecule has 0 atom stereocenters. The maximum absolute atomic E-state index is 14.0. The Hall–Kier alpha value is -1.66. The molecule has 3 rings (SSSR count). The first kappa shape index (κ1) is 15.2. The van der Waals surface area contributed by atoms with Gasteiger partial charge in [-0.3, -0.25) is 4.68 Å². The van der Waals surface area contributed by atoms with E-state index in [1.54, 1.807) is 19.5 Å². The molecule has 1 heterocycles. The maximum atomic E-state index is 14.0. The van der Waals surface area contributed by atoms with Gasteiger partial charge < -0.3 is 0 Å². The van der Waals surface area contributed by atoms with Crippen LogP contribution in [0, 0.1) is 17.5 Å². The third-order valence-electron chi connectivity index (χ3n) is 3.32. The lowest BCUT2D eigenvalue weighted by Crippen LogP contribution is -1.91. The first-order chi connectivity index (χ1) is 10.4. The molecule has 0 fully saturated rings. The van der Waals surface area contributed by atoms with Gasteiger partial charge in [-0.05, 0) is 35.6 Å². The predicted octanol–water partition coefficient (Wildman–Crippen LogP) is 5.03. The van der Waals surface area contributed by atoms with Crippen molar-refractivity contribution in [2.24, 2.45) is 7.05 Å². The summed E-state index contributed by atoms with van der Waals surface area (Å²) in [6.45, 7) is 0. The van der Waals surface area contributed by atoms with E-state index in [2.05, 4.69) is 5.10 Å². The third-order valence-corrected chi connectivity index (χ3v) is 4.48. The summed E-state index contributed by atoms with van der Waals surface area (Å²) >= 11 is 6.88. The van der Waals surface area contributed by atoms with E-state index in [9.17, 15) is 13.2 Å². The predicted molar refractivity (Wildman–Crippen MR) is 82.8 cm³/mol. The van der Waals surface area contributed by atoms with Crippen molar-refractivity contribution in [2.45, 2.75) is 4.90 Å². The van der Waals surface area contributed by atoms with Crippen LogP contribution in [-0.4, -0.2) is 16.0 Å². The number of thioether (sulfide) groups is 1. The fourth-order valence-electron chi connectivity index (χ4n) is 2.38. The lowest BCUT2D eigenvalue weighted by Gasteiger charge is -2.08. The molecule has 22 heavy (non-hydrogen) atoms. The van der Waals surface area contributed by atoms with Gasteiger partial charge in [-0.25, -0.2) is 13.2 Å². The Morgan fingerprint density at radius 3 is 2.32 bits per heavy atom. The Morgan fingerprint density at radius 2 is 1.73 bits per heavy atom. The number of hydrogen-bond donors (Lipinski definition) is 0. The summed E-state index contributed by atoms with van der Waals surface area (Å²) in [6.07, 6.45) is 3.22. The van der Waals surface area contributed by atoms with Crippen molar-refractivity contribution in [3.63, 3.8) is 0 Å². The highest BCUT2D eigenvalue weighted by atomic mass is 35.5. The summed E-state index contributed by atoms with van der Waals surface area (Å²) in [4.78, 5) is -0.0689. The van der Waals surface area contributed by atoms with Crippen molar-refractivity contribution < 1.29 is 13.2 Å². The van der Waals surface area contributed by atoms with Crippen LogP contribution >= 0.6 is 23.4 Å². The van der Waals surface area contributed by atoms with E-state index in [4.69, 9.17) is 11.6 Å². The van der Waals surface area contributed by atoms with Crippen LogP contribution in [0.1, 0.15) is 0 Å². The minimum Gasteiger partial charge on any atom is -0.275 e. The van der Waals surface area contributed by atoms with Crippen molar-refractivity contribution in [3.8, 4) is 11.1 Å². The lowest BCUT2D eigenvalue weighted by atomic mass is 10.0. The van der Waals surface area contributed by atoms with E-state index in [1.165, 1.54) is 22.9 Å². The van der Waals surface area contributed by atoms with Gasteiger partial charge in [0, 0.05) is 18.6 Å². The van der Waals surface area contributed by atoms with Crippen molar-refractivity contribution in [1.29, 1.82) is 0 Å². The van der Waals surface area contributed by atoms with Gasteiger partial charge in [0.15, 0.2) is 0 Å². The number of rotatable bonds is 2. The zero-order valence-electron chi connectivity index (χ0n) is 11.6. The van der Waals surface area contributed by atoms with Crippen molar-refractivity contribution in [2.75, 3.05) is 6.26 Å². The molecule has 0 aliphatic carbocycles. The molecule has 0 spiro atoms. The Kier molecular flexibility index (Phi) is 3.82. The van der Waals surface area contributed by atoms with Gasteiger partial charge in [0.25, 0.3) is 0 Å². The molecule has 0 aliphatic heterocycles. The van der Waals surface area contributed by atoms with Crippen LogP contribution in [0.2, 0.25) is 5.02 Å². The van der Waals surface area contributed by atoms with Gasteiger partial charge in [-0.2, -0.15) is 5.10 Å². The summed E-state index contributed by atoms with van der Waals surface area (Å²) in [7, 11) is 1.66. The number of aromatic nitrogens is 2. The molecular weight excluding hydrogens is 333 g/mol. The smallest absolute Gasteiger partial charge is 0.144 e. The summed E-state index contributed by atoms with van der Waals surface area (Å²) in [6, 6.07) is 3.54. The fourth-order valence-corrected chi connectivity index (χ4v) is 3.08. The van der Waals surface area contributed by atoms with Crippen LogP contribution in [0.3, 0.4) is 0 Å². The molecule has 2 aromatic carbocycles. The van der Waals surface area contributed by atoms with E-state index >= 15 is 0 Å². The highest BCUT2D eigenvalue weighted by Gasteiger charge is 2.18. The largest absolute Gasteiger partial charge is 0.275 e. The Bertz CT molecular complexity index is 869. The SMILES string of the molecule is CSc1c(F)cc(-c2cc(F)c(Cl)c3nn(C)cc23)cc1F. The van der Waals surface area contributed by atoms with Gasteiger partial charge in [0.05, 0.1) is 4.90 Å². The number of hydrogen-bond acceptors (Lipinski definition) is 2. The molecule has 0 bridgehead atoms. The van der Waals surface area contributed by atoms with Crippen LogP contribution in [0.25, 0.3) is 22.0 Å². The minimum absolute atomic E-state index is 0.0689. The monoisotopic (exact) mass is 342 g/mol. The number of fused-ring (bicyclic) bond motifs is 1. The molecule has 0 amide bonds. The fraction of sp³-hybridized carbons (Fsp3) is 0.133. The zero-order chi connectivity index (χ0) is 16.0. The molecule has 0 saturated heterocycles. The molecule has 0 N–H and O–H groups in total. The molecule has 114 valence electrons. The van der Waals surface area contributed by atoms with Crippen LogP contribution < -0.4 is 0 Å². The minimum atomic E-state index is -0.685. The molecule has 7 heteroatoms. The van der Waals surface area contributed by atoms with E-state index in [1.807, 2.05) is 0 Å². The van der Waals surface area contributed by atoms with Gasteiger partial charge >= 0.3 is 0 Å². The number of aryl methyl sites for hydroxylation is 1. The van der Waals surface area contributed by atoms with Crippen molar-refractivity contribution >= 4 is 34.3 Å². The summed E-state index contributed by atoms with van der Waals surface area (Å²) < 4.78 is 43.4. The topological polar surface area (TPSA) is 17.8 Å². The Labute approximate surface area is 133 Å². The molecular formula is C15H10ClF3N2S. The van der Waals surface area contributed by atoms with Crippen LogP contribution in [0.4, 0.5) is 13.2 Å². The number of halogens is 4. The summed E-state index contributed by atoms with van der Waals surface area (Å²) in [5.74, 6) is -2.05. The average Bonchev–Trinajstić information content (AvgIpc) is 2.84. The summed E-state index contributed by atoms with van der Waals surface area (Å²) in [5.41, 5.74) is 0.839. The van der Waals surface area contributed by atoms with E-state index in [-0.39, 0.29) is 21.0 Å². The first-order valence-electron chi connectivity index (χ1n) is 6.27.